The lowest BCUT2D eigenvalue weighted by Crippen LogP contribution is -2.21. The minimum absolute atomic E-state index is 0.0487. The monoisotopic (exact) mass is 207 g/mol. The predicted molar refractivity (Wildman–Crippen MR) is 64.9 cm³/mol. The van der Waals surface area contributed by atoms with Crippen molar-refractivity contribution in [1.82, 2.24) is 4.90 Å². The molecule has 15 heavy (non-hydrogen) atoms. The Hall–Kier alpha value is -1.20. The highest BCUT2D eigenvalue weighted by molar-refractivity contribution is 5.13. The SMILES string of the molecule is C#C[C@@H](/C=C(\C)N(C)C=C)[C@H](C)C(C)O. The van der Waals surface area contributed by atoms with Gasteiger partial charge in [-0.1, -0.05) is 19.4 Å². The topological polar surface area (TPSA) is 23.5 Å². The minimum Gasteiger partial charge on any atom is -0.393 e. The molecule has 1 unspecified atom stereocenters. The van der Waals surface area contributed by atoms with Crippen molar-refractivity contribution in [1.29, 1.82) is 0 Å². The molecule has 0 fully saturated rings. The number of aliphatic hydroxyl groups excluding tert-OH is 1. The van der Waals surface area contributed by atoms with Gasteiger partial charge in [-0.2, -0.15) is 0 Å². The Morgan fingerprint density at radius 2 is 2.07 bits per heavy atom. The van der Waals surface area contributed by atoms with Gasteiger partial charge in [0.1, 0.15) is 0 Å². The van der Waals surface area contributed by atoms with Crippen LogP contribution in [-0.2, 0) is 0 Å². The molecular weight excluding hydrogens is 186 g/mol. The van der Waals surface area contributed by atoms with Crippen LogP contribution in [0.25, 0.3) is 0 Å². The van der Waals surface area contributed by atoms with Crippen LogP contribution in [-0.4, -0.2) is 23.2 Å². The third-order valence-corrected chi connectivity index (χ3v) is 2.77. The molecule has 2 heteroatoms. The number of terminal acetylenes is 1. The van der Waals surface area contributed by atoms with E-state index in [1.54, 1.807) is 13.1 Å². The lowest BCUT2D eigenvalue weighted by atomic mass is 9.90. The third kappa shape index (κ3) is 4.22. The summed E-state index contributed by atoms with van der Waals surface area (Å²) in [5, 5.41) is 9.47. The Kier molecular flexibility index (Phi) is 5.81. The van der Waals surface area contributed by atoms with Gasteiger partial charge in [0.25, 0.3) is 0 Å². The van der Waals surface area contributed by atoms with E-state index in [0.717, 1.165) is 5.70 Å². The van der Waals surface area contributed by atoms with Gasteiger partial charge in [0.2, 0.25) is 0 Å². The van der Waals surface area contributed by atoms with Crippen LogP contribution in [0.3, 0.4) is 0 Å². The van der Waals surface area contributed by atoms with Gasteiger partial charge in [-0.15, -0.1) is 6.42 Å². The standard InChI is InChI=1S/C13H21NO/c1-7-13(11(4)12(5)15)9-10(3)14(6)8-2/h1,8-9,11-13,15H,2H2,3-6H3/b10-9+/t11-,12?,13+/m1/s1. The van der Waals surface area contributed by atoms with Crippen LogP contribution < -0.4 is 0 Å². The van der Waals surface area contributed by atoms with Gasteiger partial charge in [-0.3, -0.25) is 0 Å². The first-order chi connectivity index (χ1) is 6.93. The number of aliphatic hydroxyl groups is 1. The largest absolute Gasteiger partial charge is 0.393 e. The quantitative estimate of drug-likeness (QED) is 0.699. The Balaban J connectivity index is 4.72. The molecule has 0 aromatic carbocycles. The van der Waals surface area contributed by atoms with Gasteiger partial charge in [0, 0.05) is 18.7 Å². The summed E-state index contributed by atoms with van der Waals surface area (Å²) in [5.74, 6) is 2.71. The van der Waals surface area contributed by atoms with Crippen LogP contribution in [0, 0.1) is 24.2 Å². The summed E-state index contributed by atoms with van der Waals surface area (Å²) in [6, 6.07) is 0. The van der Waals surface area contributed by atoms with Crippen molar-refractivity contribution in [3.63, 3.8) is 0 Å². The van der Waals surface area contributed by atoms with Gasteiger partial charge in [-0.05, 0) is 32.0 Å². The first-order valence-electron chi connectivity index (χ1n) is 5.12. The van der Waals surface area contributed by atoms with Crippen molar-refractivity contribution in [2.75, 3.05) is 7.05 Å². The molecule has 0 aliphatic rings. The smallest absolute Gasteiger partial charge is 0.0552 e. The molecule has 0 aromatic rings. The maximum absolute atomic E-state index is 9.47. The number of hydrogen-bond acceptors (Lipinski definition) is 2. The van der Waals surface area contributed by atoms with E-state index in [1.807, 2.05) is 31.9 Å². The van der Waals surface area contributed by atoms with E-state index in [-0.39, 0.29) is 11.8 Å². The van der Waals surface area contributed by atoms with Gasteiger partial charge in [-0.25, -0.2) is 0 Å². The second kappa shape index (κ2) is 6.31. The predicted octanol–water partition coefficient (Wildman–Crippen LogP) is 2.23. The van der Waals surface area contributed by atoms with Crippen LogP contribution in [0.15, 0.2) is 24.6 Å². The molecule has 0 aliphatic heterocycles. The molecule has 0 bridgehead atoms. The normalized spacial score (nSPS) is 17.5. The lowest BCUT2D eigenvalue weighted by Gasteiger charge is -2.21. The van der Waals surface area contributed by atoms with E-state index in [4.69, 9.17) is 6.42 Å². The van der Waals surface area contributed by atoms with E-state index in [0.29, 0.717) is 0 Å². The van der Waals surface area contributed by atoms with Crippen LogP contribution in [0.2, 0.25) is 0 Å². The van der Waals surface area contributed by atoms with Crippen molar-refractivity contribution >= 4 is 0 Å². The number of allylic oxidation sites excluding steroid dienone is 2. The zero-order valence-corrected chi connectivity index (χ0v) is 10.1. The molecule has 0 heterocycles. The summed E-state index contributed by atoms with van der Waals surface area (Å²) >= 11 is 0. The molecule has 0 amide bonds. The molecule has 0 aliphatic carbocycles. The highest BCUT2D eigenvalue weighted by atomic mass is 16.3. The molecule has 0 radical (unpaired) electrons. The fourth-order valence-electron chi connectivity index (χ4n) is 1.17. The van der Waals surface area contributed by atoms with Crippen molar-refractivity contribution in [3.05, 3.63) is 24.6 Å². The van der Waals surface area contributed by atoms with Gasteiger partial charge < -0.3 is 10.0 Å². The molecule has 2 nitrogen and oxygen atoms in total. The Morgan fingerprint density at radius 3 is 2.40 bits per heavy atom. The van der Waals surface area contributed by atoms with E-state index >= 15 is 0 Å². The number of nitrogens with zero attached hydrogens (tertiary/aromatic N) is 1. The van der Waals surface area contributed by atoms with Gasteiger partial charge in [0.05, 0.1) is 6.10 Å². The molecule has 84 valence electrons. The average Bonchev–Trinajstić information content (AvgIpc) is 2.22. The zero-order valence-electron chi connectivity index (χ0n) is 10.1. The molecule has 1 N–H and O–H groups in total. The highest BCUT2D eigenvalue weighted by Gasteiger charge is 2.17. The van der Waals surface area contributed by atoms with Crippen LogP contribution in [0.5, 0.6) is 0 Å². The second-order valence-electron chi connectivity index (χ2n) is 3.89. The number of rotatable bonds is 5. The first kappa shape index (κ1) is 13.8. The Morgan fingerprint density at radius 1 is 1.53 bits per heavy atom. The van der Waals surface area contributed by atoms with Crippen molar-refractivity contribution in [3.8, 4) is 12.3 Å². The van der Waals surface area contributed by atoms with Crippen molar-refractivity contribution in [2.24, 2.45) is 11.8 Å². The van der Waals surface area contributed by atoms with Crippen molar-refractivity contribution in [2.45, 2.75) is 26.9 Å². The van der Waals surface area contributed by atoms with Gasteiger partial charge >= 0.3 is 0 Å². The second-order valence-corrected chi connectivity index (χ2v) is 3.89. The zero-order chi connectivity index (χ0) is 12.0. The molecule has 0 saturated heterocycles. The van der Waals surface area contributed by atoms with Crippen LogP contribution in [0.1, 0.15) is 20.8 Å². The summed E-state index contributed by atoms with van der Waals surface area (Å²) in [6.45, 7) is 9.36. The number of hydrogen-bond donors (Lipinski definition) is 1. The molecule has 0 spiro atoms. The molecule has 0 saturated carbocycles. The molecule has 0 aromatic heterocycles. The van der Waals surface area contributed by atoms with E-state index in [9.17, 15) is 5.11 Å². The molecule has 0 rings (SSSR count). The molecular formula is C13H21NO. The highest BCUT2D eigenvalue weighted by Crippen LogP contribution is 2.18. The summed E-state index contributed by atoms with van der Waals surface area (Å²) < 4.78 is 0. The maximum atomic E-state index is 9.47. The van der Waals surface area contributed by atoms with E-state index in [2.05, 4.69) is 12.5 Å². The molecule has 3 atom stereocenters. The lowest BCUT2D eigenvalue weighted by molar-refractivity contribution is 0.123. The third-order valence-electron chi connectivity index (χ3n) is 2.77. The van der Waals surface area contributed by atoms with Crippen molar-refractivity contribution < 1.29 is 5.11 Å². The fraction of sp³-hybridized carbons (Fsp3) is 0.538. The van der Waals surface area contributed by atoms with E-state index < -0.39 is 6.10 Å². The summed E-state index contributed by atoms with van der Waals surface area (Å²) in [7, 11) is 1.92. The average molecular weight is 207 g/mol. The van der Waals surface area contributed by atoms with E-state index in [1.165, 1.54) is 0 Å². The van der Waals surface area contributed by atoms with Crippen LogP contribution >= 0.6 is 0 Å². The first-order valence-corrected chi connectivity index (χ1v) is 5.12. The maximum Gasteiger partial charge on any atom is 0.0552 e. The Labute approximate surface area is 93.3 Å². The summed E-state index contributed by atoms with van der Waals surface area (Å²) in [5.41, 5.74) is 1.04. The summed E-state index contributed by atoms with van der Waals surface area (Å²) in [4.78, 5) is 1.90. The minimum atomic E-state index is -0.399. The van der Waals surface area contributed by atoms with Crippen LogP contribution in [0.4, 0.5) is 0 Å². The summed E-state index contributed by atoms with van der Waals surface area (Å²) in [6.07, 6.45) is 8.77. The Bertz CT molecular complexity index is 273. The van der Waals surface area contributed by atoms with Gasteiger partial charge in [0.15, 0.2) is 0 Å². The fourth-order valence-corrected chi connectivity index (χ4v) is 1.17.